The first-order valence-corrected chi connectivity index (χ1v) is 14.4. The highest BCUT2D eigenvalue weighted by atomic mass is 35.5. The van der Waals surface area contributed by atoms with Crippen LogP contribution < -0.4 is 24.2 Å². The van der Waals surface area contributed by atoms with Gasteiger partial charge >= 0.3 is 0 Å². The minimum absolute atomic E-state index is 0.0185. The second-order valence-corrected chi connectivity index (χ2v) is 11.0. The van der Waals surface area contributed by atoms with Crippen molar-refractivity contribution in [2.75, 3.05) is 25.0 Å². The average molecular weight is 602 g/mol. The number of sulfonamides is 1. The predicted molar refractivity (Wildman–Crippen MR) is 156 cm³/mol. The van der Waals surface area contributed by atoms with Crippen LogP contribution in [0.2, 0.25) is 10.0 Å². The number of hydrogen-bond acceptors (Lipinski definition) is 6. The average Bonchev–Trinajstić information content (AvgIpc) is 2.95. The monoisotopic (exact) mass is 600 g/mol. The smallest absolute Gasteiger partial charge is 0.261 e. The molecule has 0 saturated carbocycles. The zero-order valence-electron chi connectivity index (χ0n) is 21.4. The van der Waals surface area contributed by atoms with Crippen molar-refractivity contribution in [3.8, 4) is 23.0 Å². The van der Waals surface area contributed by atoms with Gasteiger partial charge in [-0.25, -0.2) is 8.42 Å². The third-order valence-electron chi connectivity index (χ3n) is 5.59. The van der Waals surface area contributed by atoms with E-state index in [0.29, 0.717) is 47.6 Å². The van der Waals surface area contributed by atoms with Gasteiger partial charge in [-0.15, -0.1) is 0 Å². The Labute approximate surface area is 242 Å². The quantitative estimate of drug-likeness (QED) is 0.173. The largest absolute Gasteiger partial charge is 0.497 e. The van der Waals surface area contributed by atoms with Gasteiger partial charge in [-0.05, 0) is 73.2 Å². The Morgan fingerprint density at radius 2 is 1.60 bits per heavy atom. The Kier molecular flexibility index (Phi) is 9.76. The van der Waals surface area contributed by atoms with Gasteiger partial charge in [0.25, 0.3) is 15.9 Å². The summed E-state index contributed by atoms with van der Waals surface area (Å²) in [5, 5.41) is 3.49. The zero-order chi connectivity index (χ0) is 28.5. The van der Waals surface area contributed by atoms with Gasteiger partial charge in [-0.1, -0.05) is 41.4 Å². The molecule has 0 spiro atoms. The molecule has 0 aliphatic rings. The molecule has 0 atom stereocenters. The molecule has 2 N–H and O–H groups in total. The first-order chi connectivity index (χ1) is 19.2. The molecule has 0 aliphatic heterocycles. The van der Waals surface area contributed by atoms with E-state index in [1.165, 1.54) is 42.5 Å². The number of ether oxygens (including phenoxy) is 3. The first-order valence-electron chi connectivity index (χ1n) is 12.1. The predicted octanol–water partition coefficient (Wildman–Crippen LogP) is 6.79. The molecule has 4 rings (SSSR count). The van der Waals surface area contributed by atoms with Gasteiger partial charge in [-0.2, -0.15) is 0 Å². The van der Waals surface area contributed by atoms with Crippen molar-refractivity contribution in [1.29, 1.82) is 0 Å². The normalized spacial score (nSPS) is 11.0. The first kappa shape index (κ1) is 29.1. The molecule has 0 aliphatic carbocycles. The third-order valence-corrected chi connectivity index (χ3v) is 7.51. The molecule has 0 saturated heterocycles. The van der Waals surface area contributed by atoms with E-state index >= 15 is 0 Å². The maximum absolute atomic E-state index is 13.1. The number of amides is 1. The maximum Gasteiger partial charge on any atom is 0.261 e. The lowest BCUT2D eigenvalue weighted by atomic mass is 10.1. The van der Waals surface area contributed by atoms with Crippen molar-refractivity contribution >= 4 is 44.8 Å². The van der Waals surface area contributed by atoms with E-state index < -0.39 is 15.9 Å². The van der Waals surface area contributed by atoms with Crippen molar-refractivity contribution in [3.63, 3.8) is 0 Å². The molecule has 40 heavy (non-hydrogen) atoms. The van der Waals surface area contributed by atoms with E-state index in [2.05, 4.69) is 10.0 Å². The molecule has 208 valence electrons. The number of para-hydroxylation sites is 1. The number of carbonyl (C=O) groups excluding carboxylic acids is 1. The maximum atomic E-state index is 13.1. The number of hydrogen-bond donors (Lipinski definition) is 2. The van der Waals surface area contributed by atoms with Crippen LogP contribution in [0.15, 0.2) is 95.9 Å². The fourth-order valence-electron chi connectivity index (χ4n) is 3.59. The van der Waals surface area contributed by atoms with Gasteiger partial charge in [-0.3, -0.25) is 9.52 Å². The standard InChI is InChI=1S/C29H26Cl2N2O6S/c1-37-22-6-4-7-23(19-22)38-17-5-16-32-29(34)25-18-20(30)10-15-27(25)33-40(35,36)24-13-11-21(12-14-24)39-28-9-3-2-8-26(28)31/h2-4,6-15,18-19,33H,5,16-17H2,1H3,(H,32,34). The lowest BCUT2D eigenvalue weighted by molar-refractivity contribution is 0.0952. The third kappa shape index (κ3) is 7.81. The molecule has 4 aromatic carbocycles. The second-order valence-electron chi connectivity index (χ2n) is 8.44. The highest BCUT2D eigenvalue weighted by Gasteiger charge is 2.19. The molecule has 11 heteroatoms. The van der Waals surface area contributed by atoms with Crippen LogP contribution in [0.5, 0.6) is 23.0 Å². The van der Waals surface area contributed by atoms with E-state index in [0.717, 1.165) is 0 Å². The van der Waals surface area contributed by atoms with Crippen LogP contribution in [-0.4, -0.2) is 34.6 Å². The summed E-state index contributed by atoms with van der Waals surface area (Å²) in [7, 11) is -2.45. The molecular weight excluding hydrogens is 575 g/mol. The lowest BCUT2D eigenvalue weighted by Crippen LogP contribution is -2.27. The fourth-order valence-corrected chi connectivity index (χ4v) is 5.01. The summed E-state index contributed by atoms with van der Waals surface area (Å²) in [6.45, 7) is 0.660. The van der Waals surface area contributed by atoms with E-state index in [-0.39, 0.29) is 21.2 Å². The number of methoxy groups -OCH3 is 1. The molecule has 4 aromatic rings. The van der Waals surface area contributed by atoms with Crippen LogP contribution in [0.4, 0.5) is 5.69 Å². The Bertz CT molecular complexity index is 1580. The molecule has 0 heterocycles. The van der Waals surface area contributed by atoms with Gasteiger partial charge in [0.15, 0.2) is 0 Å². The number of halogens is 2. The molecule has 0 fully saturated rings. The Balaban J connectivity index is 1.37. The molecule has 0 unspecified atom stereocenters. The molecule has 0 aromatic heterocycles. The Morgan fingerprint density at radius 1 is 0.850 bits per heavy atom. The van der Waals surface area contributed by atoms with E-state index in [1.54, 1.807) is 37.4 Å². The number of anilines is 1. The number of carbonyl (C=O) groups is 1. The van der Waals surface area contributed by atoms with Gasteiger partial charge in [0, 0.05) is 17.6 Å². The highest BCUT2D eigenvalue weighted by molar-refractivity contribution is 7.92. The SMILES string of the molecule is COc1cccc(OCCCNC(=O)c2cc(Cl)ccc2NS(=O)(=O)c2ccc(Oc3ccccc3Cl)cc2)c1. The summed E-state index contributed by atoms with van der Waals surface area (Å²) in [4.78, 5) is 12.9. The Morgan fingerprint density at radius 3 is 2.35 bits per heavy atom. The number of rotatable bonds is 12. The summed E-state index contributed by atoms with van der Waals surface area (Å²) in [5.74, 6) is 1.71. The summed E-state index contributed by atoms with van der Waals surface area (Å²) < 4.78 is 45.3. The highest BCUT2D eigenvalue weighted by Crippen LogP contribution is 2.30. The summed E-state index contributed by atoms with van der Waals surface area (Å²) in [6, 6.07) is 24.3. The molecule has 0 radical (unpaired) electrons. The van der Waals surface area contributed by atoms with Crippen LogP contribution in [0.3, 0.4) is 0 Å². The van der Waals surface area contributed by atoms with Gasteiger partial charge in [0.05, 0.1) is 34.9 Å². The fraction of sp³-hybridized carbons (Fsp3) is 0.138. The Hall–Kier alpha value is -3.92. The van der Waals surface area contributed by atoms with Crippen molar-refractivity contribution in [1.82, 2.24) is 5.32 Å². The van der Waals surface area contributed by atoms with E-state index in [9.17, 15) is 13.2 Å². The minimum atomic E-state index is -4.03. The van der Waals surface area contributed by atoms with Crippen LogP contribution in [-0.2, 0) is 10.0 Å². The van der Waals surface area contributed by atoms with Crippen LogP contribution in [0.1, 0.15) is 16.8 Å². The summed E-state index contributed by atoms with van der Waals surface area (Å²) in [6.07, 6.45) is 0.521. The number of nitrogens with one attached hydrogen (secondary N) is 2. The van der Waals surface area contributed by atoms with E-state index in [4.69, 9.17) is 37.4 Å². The topological polar surface area (TPSA) is 103 Å². The molecule has 8 nitrogen and oxygen atoms in total. The summed E-state index contributed by atoms with van der Waals surface area (Å²) >= 11 is 12.2. The van der Waals surface area contributed by atoms with Crippen molar-refractivity contribution in [2.24, 2.45) is 0 Å². The zero-order valence-corrected chi connectivity index (χ0v) is 23.7. The van der Waals surface area contributed by atoms with E-state index in [1.807, 2.05) is 18.2 Å². The van der Waals surface area contributed by atoms with Crippen LogP contribution in [0.25, 0.3) is 0 Å². The molecule has 0 bridgehead atoms. The number of benzene rings is 4. The van der Waals surface area contributed by atoms with Gasteiger partial charge < -0.3 is 19.5 Å². The summed E-state index contributed by atoms with van der Waals surface area (Å²) in [5.41, 5.74) is 0.175. The minimum Gasteiger partial charge on any atom is -0.497 e. The van der Waals surface area contributed by atoms with Crippen LogP contribution in [0, 0.1) is 0 Å². The molecular formula is C29H26Cl2N2O6S. The van der Waals surface area contributed by atoms with Gasteiger partial charge in [0.2, 0.25) is 0 Å². The van der Waals surface area contributed by atoms with Crippen molar-refractivity contribution < 1.29 is 27.4 Å². The molecule has 1 amide bonds. The lowest BCUT2D eigenvalue weighted by Gasteiger charge is -2.14. The second kappa shape index (κ2) is 13.4. The van der Waals surface area contributed by atoms with Crippen LogP contribution >= 0.6 is 23.2 Å². The van der Waals surface area contributed by atoms with Gasteiger partial charge in [0.1, 0.15) is 23.0 Å². The van der Waals surface area contributed by atoms with Crippen molar-refractivity contribution in [3.05, 3.63) is 107 Å². The van der Waals surface area contributed by atoms with Crippen molar-refractivity contribution in [2.45, 2.75) is 11.3 Å².